The summed E-state index contributed by atoms with van der Waals surface area (Å²) in [5.41, 5.74) is 1.93. The van der Waals surface area contributed by atoms with Crippen molar-refractivity contribution in [3.63, 3.8) is 0 Å². The molecule has 0 radical (unpaired) electrons. The minimum absolute atomic E-state index is 0.0587. The molecule has 1 aromatic carbocycles. The highest BCUT2D eigenvalue weighted by Crippen LogP contribution is 2.35. The Morgan fingerprint density at radius 1 is 1.24 bits per heavy atom. The Kier molecular flexibility index (Phi) is 5.11. The van der Waals surface area contributed by atoms with Crippen molar-refractivity contribution >= 4 is 23.0 Å². The third kappa shape index (κ3) is 3.87. The molecule has 0 aliphatic carbocycles. The molecular formula is C18H23N5O2. The van der Waals surface area contributed by atoms with Crippen molar-refractivity contribution in [2.24, 2.45) is 5.92 Å². The quantitative estimate of drug-likeness (QED) is 0.655. The van der Waals surface area contributed by atoms with Gasteiger partial charge >= 0.3 is 5.69 Å². The number of hydrogen-bond donors (Lipinski definition) is 1. The topological polar surface area (TPSA) is 84.2 Å². The van der Waals surface area contributed by atoms with Gasteiger partial charge in [0.1, 0.15) is 6.33 Å². The fraction of sp³-hybridized carbons (Fsp3) is 0.444. The number of hydrogen-bond acceptors (Lipinski definition) is 6. The number of anilines is 3. The Labute approximate surface area is 147 Å². The molecule has 0 bridgehead atoms. The molecule has 1 N–H and O–H groups in total. The Balaban J connectivity index is 1.90. The van der Waals surface area contributed by atoms with Crippen LogP contribution in [0.15, 0.2) is 30.6 Å². The van der Waals surface area contributed by atoms with E-state index >= 15 is 0 Å². The molecule has 1 fully saturated rings. The van der Waals surface area contributed by atoms with E-state index in [2.05, 4.69) is 29.1 Å². The van der Waals surface area contributed by atoms with Gasteiger partial charge in [-0.05, 0) is 42.9 Å². The lowest BCUT2D eigenvalue weighted by Gasteiger charge is -2.30. The summed E-state index contributed by atoms with van der Waals surface area (Å²) in [7, 11) is 0. The van der Waals surface area contributed by atoms with Gasteiger partial charge in [-0.15, -0.1) is 0 Å². The van der Waals surface area contributed by atoms with Gasteiger partial charge in [0.15, 0.2) is 0 Å². The maximum Gasteiger partial charge on any atom is 0.353 e. The largest absolute Gasteiger partial charge is 0.353 e. The summed E-state index contributed by atoms with van der Waals surface area (Å²) >= 11 is 0. The van der Waals surface area contributed by atoms with Crippen LogP contribution in [0.25, 0.3) is 0 Å². The smallest absolute Gasteiger partial charge is 0.351 e. The van der Waals surface area contributed by atoms with Crippen LogP contribution in [0.1, 0.15) is 32.3 Å². The predicted molar refractivity (Wildman–Crippen MR) is 98.4 cm³/mol. The maximum absolute atomic E-state index is 11.7. The van der Waals surface area contributed by atoms with E-state index in [-0.39, 0.29) is 11.5 Å². The number of benzene rings is 1. The summed E-state index contributed by atoms with van der Waals surface area (Å²) < 4.78 is 0. The first-order chi connectivity index (χ1) is 12.1. The van der Waals surface area contributed by atoms with Crippen molar-refractivity contribution in [2.75, 3.05) is 23.3 Å². The second kappa shape index (κ2) is 7.46. The van der Waals surface area contributed by atoms with Gasteiger partial charge in [0.25, 0.3) is 0 Å². The SMILES string of the molecule is CCc1ccc(Nc2ncnc(N3CCC(C)CC3)c2[N+](=O)[O-])cc1. The molecule has 7 heteroatoms. The predicted octanol–water partition coefficient (Wildman–Crippen LogP) is 3.93. The molecular weight excluding hydrogens is 318 g/mol. The third-order valence-electron chi connectivity index (χ3n) is 4.69. The van der Waals surface area contributed by atoms with E-state index in [1.54, 1.807) is 0 Å². The van der Waals surface area contributed by atoms with Gasteiger partial charge in [-0.2, -0.15) is 0 Å². The molecule has 3 rings (SSSR count). The minimum Gasteiger partial charge on any atom is -0.351 e. The average Bonchev–Trinajstić information content (AvgIpc) is 2.62. The molecule has 0 unspecified atom stereocenters. The highest BCUT2D eigenvalue weighted by atomic mass is 16.6. The number of nitro groups is 1. The summed E-state index contributed by atoms with van der Waals surface area (Å²) in [6.45, 7) is 5.86. The van der Waals surface area contributed by atoms with Crippen LogP contribution in [0, 0.1) is 16.0 Å². The highest BCUT2D eigenvalue weighted by Gasteiger charge is 2.29. The van der Waals surface area contributed by atoms with Gasteiger partial charge in [0, 0.05) is 18.8 Å². The molecule has 0 spiro atoms. The number of nitrogens with one attached hydrogen (secondary N) is 1. The highest BCUT2D eigenvalue weighted by molar-refractivity contribution is 5.74. The number of aromatic nitrogens is 2. The zero-order chi connectivity index (χ0) is 17.8. The Hall–Kier alpha value is -2.70. The van der Waals surface area contributed by atoms with Crippen molar-refractivity contribution in [1.82, 2.24) is 9.97 Å². The molecule has 2 aromatic rings. The Bertz CT molecular complexity index is 740. The van der Waals surface area contributed by atoms with Gasteiger partial charge in [-0.3, -0.25) is 10.1 Å². The van der Waals surface area contributed by atoms with Gasteiger partial charge in [0.05, 0.1) is 4.92 Å². The fourth-order valence-corrected chi connectivity index (χ4v) is 3.04. The van der Waals surface area contributed by atoms with E-state index < -0.39 is 4.92 Å². The van der Waals surface area contributed by atoms with Gasteiger partial charge < -0.3 is 10.2 Å². The second-order valence-electron chi connectivity index (χ2n) is 6.50. The first-order valence-corrected chi connectivity index (χ1v) is 8.68. The van der Waals surface area contributed by atoms with Crippen LogP contribution in [0.5, 0.6) is 0 Å². The molecule has 0 amide bonds. The molecule has 132 valence electrons. The molecule has 25 heavy (non-hydrogen) atoms. The van der Waals surface area contributed by atoms with Gasteiger partial charge in [-0.25, -0.2) is 9.97 Å². The lowest BCUT2D eigenvalue weighted by Crippen LogP contribution is -2.34. The molecule has 1 aromatic heterocycles. The Morgan fingerprint density at radius 2 is 1.92 bits per heavy atom. The van der Waals surface area contributed by atoms with Crippen molar-refractivity contribution in [2.45, 2.75) is 33.1 Å². The van der Waals surface area contributed by atoms with Crippen LogP contribution in [-0.4, -0.2) is 28.0 Å². The first kappa shape index (κ1) is 17.1. The third-order valence-corrected chi connectivity index (χ3v) is 4.69. The van der Waals surface area contributed by atoms with Crippen LogP contribution in [0.2, 0.25) is 0 Å². The van der Waals surface area contributed by atoms with Crippen molar-refractivity contribution in [3.8, 4) is 0 Å². The zero-order valence-electron chi connectivity index (χ0n) is 14.6. The van der Waals surface area contributed by atoms with E-state index in [0.29, 0.717) is 11.7 Å². The van der Waals surface area contributed by atoms with Crippen LogP contribution in [0.4, 0.5) is 23.0 Å². The molecule has 1 aliphatic rings. The molecule has 0 atom stereocenters. The normalized spacial score (nSPS) is 15.2. The van der Waals surface area contributed by atoms with Gasteiger partial charge in [0.2, 0.25) is 11.6 Å². The van der Waals surface area contributed by atoms with Crippen LogP contribution < -0.4 is 10.2 Å². The van der Waals surface area contributed by atoms with E-state index in [0.717, 1.165) is 38.0 Å². The first-order valence-electron chi connectivity index (χ1n) is 8.68. The zero-order valence-corrected chi connectivity index (χ0v) is 14.6. The van der Waals surface area contributed by atoms with Crippen molar-refractivity contribution < 1.29 is 4.92 Å². The summed E-state index contributed by atoms with van der Waals surface area (Å²) in [4.78, 5) is 21.6. The molecule has 1 aliphatic heterocycles. The van der Waals surface area contributed by atoms with Crippen LogP contribution >= 0.6 is 0 Å². The van der Waals surface area contributed by atoms with Crippen LogP contribution in [0.3, 0.4) is 0 Å². The monoisotopic (exact) mass is 341 g/mol. The number of piperidine rings is 1. The summed E-state index contributed by atoms with van der Waals surface area (Å²) in [6.07, 6.45) is 4.37. The lowest BCUT2D eigenvalue weighted by atomic mass is 9.99. The second-order valence-corrected chi connectivity index (χ2v) is 6.50. The fourth-order valence-electron chi connectivity index (χ4n) is 3.04. The summed E-state index contributed by atoms with van der Waals surface area (Å²) in [5.74, 6) is 1.28. The molecule has 2 heterocycles. The number of rotatable bonds is 5. The lowest BCUT2D eigenvalue weighted by molar-refractivity contribution is -0.383. The Morgan fingerprint density at radius 3 is 2.52 bits per heavy atom. The van der Waals surface area contributed by atoms with Crippen molar-refractivity contribution in [3.05, 3.63) is 46.3 Å². The number of nitrogens with zero attached hydrogens (tertiary/aromatic N) is 4. The molecule has 0 saturated carbocycles. The van der Waals surface area contributed by atoms with E-state index in [1.807, 2.05) is 29.2 Å². The van der Waals surface area contributed by atoms with E-state index in [9.17, 15) is 10.1 Å². The van der Waals surface area contributed by atoms with Gasteiger partial charge in [-0.1, -0.05) is 26.0 Å². The molecule has 7 nitrogen and oxygen atoms in total. The maximum atomic E-state index is 11.7. The standard InChI is InChI=1S/C18H23N5O2/c1-3-14-4-6-15(7-5-14)21-17-16(23(24)25)18(20-12-19-17)22-10-8-13(2)9-11-22/h4-7,12-13H,3,8-11H2,1-2H3,(H,19,20,21). The van der Waals surface area contributed by atoms with E-state index in [1.165, 1.54) is 11.9 Å². The minimum atomic E-state index is -0.393. The number of aryl methyl sites for hydroxylation is 1. The molecule has 1 saturated heterocycles. The van der Waals surface area contributed by atoms with E-state index in [4.69, 9.17) is 0 Å². The summed E-state index contributed by atoms with van der Waals surface area (Å²) in [6, 6.07) is 7.82. The van der Waals surface area contributed by atoms with Crippen LogP contribution in [-0.2, 0) is 6.42 Å². The summed E-state index contributed by atoms with van der Waals surface area (Å²) in [5, 5.41) is 14.8. The van der Waals surface area contributed by atoms with Crippen molar-refractivity contribution in [1.29, 1.82) is 0 Å². The average molecular weight is 341 g/mol.